The molecule has 0 bridgehead atoms. The van der Waals surface area contributed by atoms with Gasteiger partial charge in [-0.15, -0.1) is 0 Å². The largest absolute Gasteiger partial charge is 0.511 e. The minimum absolute atomic E-state index is 0.0337. The first-order valence-corrected chi connectivity index (χ1v) is 9.67. The molecule has 1 unspecified atom stereocenters. The molecule has 0 aliphatic heterocycles. The molecule has 144 valence electrons. The third-order valence-corrected chi connectivity index (χ3v) is 5.32. The molecular formula is C22H28N2O3. The van der Waals surface area contributed by atoms with Crippen molar-refractivity contribution in [2.45, 2.75) is 52.4 Å². The number of Topliss-reactive ketones (excluding diaryl/α,β-unsaturated/α-hetero) is 1. The first-order chi connectivity index (χ1) is 13.0. The van der Waals surface area contributed by atoms with Gasteiger partial charge in [-0.25, -0.2) is 0 Å². The summed E-state index contributed by atoms with van der Waals surface area (Å²) >= 11 is 0. The van der Waals surface area contributed by atoms with Crippen molar-refractivity contribution in [3.63, 3.8) is 0 Å². The van der Waals surface area contributed by atoms with Gasteiger partial charge in [-0.1, -0.05) is 36.7 Å². The number of allylic oxidation sites excluding steroid dienone is 2. The Bertz CT molecular complexity index is 882. The fourth-order valence-corrected chi connectivity index (χ4v) is 4.19. The van der Waals surface area contributed by atoms with Crippen LogP contribution in [0.1, 0.15) is 56.7 Å². The molecule has 1 N–H and O–H groups in total. The molecule has 0 fully saturated rings. The second-order valence-corrected chi connectivity index (χ2v) is 7.14. The van der Waals surface area contributed by atoms with E-state index in [1.807, 2.05) is 33.0 Å². The average Bonchev–Trinajstić information content (AvgIpc) is 2.90. The Morgan fingerprint density at radius 2 is 2.04 bits per heavy atom. The van der Waals surface area contributed by atoms with Crippen LogP contribution < -0.4 is 0 Å². The first kappa shape index (κ1) is 19.2. The fourth-order valence-electron chi connectivity index (χ4n) is 4.19. The lowest BCUT2D eigenvalue weighted by Crippen LogP contribution is -2.25. The normalized spacial score (nSPS) is 18.4. The quantitative estimate of drug-likeness (QED) is 0.580. The number of oxime groups is 1. The van der Waals surface area contributed by atoms with E-state index in [0.29, 0.717) is 37.2 Å². The van der Waals surface area contributed by atoms with Crippen molar-refractivity contribution in [3.05, 3.63) is 46.9 Å². The molecule has 1 aromatic heterocycles. The molecule has 0 spiro atoms. The summed E-state index contributed by atoms with van der Waals surface area (Å²) in [5.41, 5.74) is 4.37. The van der Waals surface area contributed by atoms with Gasteiger partial charge in [0.25, 0.3) is 0 Å². The number of aromatic nitrogens is 1. The molecular weight excluding hydrogens is 340 g/mol. The lowest BCUT2D eigenvalue weighted by molar-refractivity contribution is -0.116. The van der Waals surface area contributed by atoms with E-state index >= 15 is 0 Å². The lowest BCUT2D eigenvalue weighted by Gasteiger charge is -2.25. The molecule has 5 heteroatoms. The van der Waals surface area contributed by atoms with E-state index in [-0.39, 0.29) is 17.5 Å². The van der Waals surface area contributed by atoms with Crippen LogP contribution in [-0.2, 0) is 16.7 Å². The third kappa shape index (κ3) is 3.51. The van der Waals surface area contributed by atoms with E-state index in [1.54, 1.807) is 0 Å². The van der Waals surface area contributed by atoms with E-state index in [0.717, 1.165) is 17.6 Å². The molecule has 0 amide bonds. The fraction of sp³-hybridized carbons (Fsp3) is 0.455. The summed E-state index contributed by atoms with van der Waals surface area (Å²) < 4.78 is 2.15. The van der Waals surface area contributed by atoms with Crippen LogP contribution in [0.15, 0.2) is 40.8 Å². The standard InChI is InChI=1S/C22H28N2O3/c1-5-9-17(23-27-6-2)21-19(25)12-15(13-20(21)26)22-14(3)16-10-7-8-11-18(16)24(22)4/h7-8,10-11,15,25H,5-6,9,12-13H2,1-4H3. The van der Waals surface area contributed by atoms with Gasteiger partial charge < -0.3 is 14.5 Å². The van der Waals surface area contributed by atoms with Crippen LogP contribution in [0.4, 0.5) is 0 Å². The van der Waals surface area contributed by atoms with Crippen molar-refractivity contribution < 1.29 is 14.7 Å². The number of nitrogens with zero attached hydrogens (tertiary/aromatic N) is 2. The molecule has 1 atom stereocenters. The van der Waals surface area contributed by atoms with Crippen molar-refractivity contribution in [3.8, 4) is 0 Å². The highest BCUT2D eigenvalue weighted by Crippen LogP contribution is 2.39. The van der Waals surface area contributed by atoms with Gasteiger partial charge in [-0.2, -0.15) is 0 Å². The molecule has 3 rings (SSSR count). The summed E-state index contributed by atoms with van der Waals surface area (Å²) in [7, 11) is 2.03. The number of carbonyl (C=O) groups is 1. The first-order valence-electron chi connectivity index (χ1n) is 9.67. The molecule has 1 aliphatic rings. The van der Waals surface area contributed by atoms with E-state index in [4.69, 9.17) is 4.84 Å². The van der Waals surface area contributed by atoms with Gasteiger partial charge in [0, 0.05) is 42.4 Å². The number of ketones is 1. The minimum atomic E-state index is -0.0553. The highest BCUT2D eigenvalue weighted by molar-refractivity contribution is 6.23. The lowest BCUT2D eigenvalue weighted by atomic mass is 9.81. The van der Waals surface area contributed by atoms with Crippen LogP contribution in [0.5, 0.6) is 0 Å². The van der Waals surface area contributed by atoms with E-state index in [2.05, 4.69) is 28.8 Å². The Balaban J connectivity index is 2.00. The van der Waals surface area contributed by atoms with Crippen LogP contribution >= 0.6 is 0 Å². The van der Waals surface area contributed by atoms with Crippen molar-refractivity contribution >= 4 is 22.4 Å². The Hall–Kier alpha value is -2.56. The number of fused-ring (bicyclic) bond motifs is 1. The van der Waals surface area contributed by atoms with Crippen LogP contribution in [0, 0.1) is 6.92 Å². The minimum Gasteiger partial charge on any atom is -0.511 e. The number of aliphatic hydroxyl groups excluding tert-OH is 1. The van der Waals surface area contributed by atoms with Gasteiger partial charge in [0.2, 0.25) is 0 Å². The molecule has 27 heavy (non-hydrogen) atoms. The summed E-state index contributed by atoms with van der Waals surface area (Å²) in [6.45, 7) is 6.40. The van der Waals surface area contributed by atoms with Crippen LogP contribution in [-0.4, -0.2) is 27.8 Å². The maximum Gasteiger partial charge on any atom is 0.168 e. The average molecular weight is 368 g/mol. The summed E-state index contributed by atoms with van der Waals surface area (Å²) in [5, 5.41) is 16.0. The maximum atomic E-state index is 12.9. The number of aryl methyl sites for hydroxylation is 2. The van der Waals surface area contributed by atoms with Crippen LogP contribution in [0.25, 0.3) is 10.9 Å². The van der Waals surface area contributed by atoms with Crippen molar-refractivity contribution in [1.82, 2.24) is 4.57 Å². The van der Waals surface area contributed by atoms with Crippen molar-refractivity contribution in [2.24, 2.45) is 12.2 Å². The summed E-state index contributed by atoms with van der Waals surface area (Å²) in [6, 6.07) is 8.25. The van der Waals surface area contributed by atoms with Crippen LogP contribution in [0.2, 0.25) is 0 Å². The molecule has 1 heterocycles. The predicted molar refractivity (Wildman–Crippen MR) is 108 cm³/mol. The highest BCUT2D eigenvalue weighted by atomic mass is 16.6. The monoisotopic (exact) mass is 368 g/mol. The highest BCUT2D eigenvalue weighted by Gasteiger charge is 2.33. The summed E-state index contributed by atoms with van der Waals surface area (Å²) in [4.78, 5) is 18.1. The second kappa shape index (κ2) is 7.99. The Kier molecular flexibility index (Phi) is 5.68. The molecule has 0 saturated heterocycles. The zero-order valence-electron chi connectivity index (χ0n) is 16.6. The Morgan fingerprint density at radius 3 is 2.67 bits per heavy atom. The summed E-state index contributed by atoms with van der Waals surface area (Å²) in [5.74, 6) is 0.0433. The van der Waals surface area contributed by atoms with Crippen molar-refractivity contribution in [2.75, 3.05) is 6.61 Å². The number of hydrogen-bond acceptors (Lipinski definition) is 4. The molecule has 0 saturated carbocycles. The van der Waals surface area contributed by atoms with E-state index in [1.165, 1.54) is 10.9 Å². The van der Waals surface area contributed by atoms with Gasteiger partial charge >= 0.3 is 0 Å². The van der Waals surface area contributed by atoms with Gasteiger partial charge in [0.05, 0.1) is 11.3 Å². The Labute approximate surface area is 160 Å². The number of benzene rings is 1. The maximum absolute atomic E-state index is 12.9. The number of aliphatic hydroxyl groups is 1. The molecule has 1 aliphatic carbocycles. The van der Waals surface area contributed by atoms with Gasteiger partial charge in [0.15, 0.2) is 5.78 Å². The van der Waals surface area contributed by atoms with Gasteiger partial charge in [-0.05, 0) is 31.9 Å². The Morgan fingerprint density at radius 1 is 1.30 bits per heavy atom. The smallest absolute Gasteiger partial charge is 0.168 e. The van der Waals surface area contributed by atoms with Crippen molar-refractivity contribution in [1.29, 1.82) is 0 Å². The predicted octanol–water partition coefficient (Wildman–Crippen LogP) is 4.94. The molecule has 5 nitrogen and oxygen atoms in total. The zero-order valence-corrected chi connectivity index (χ0v) is 16.6. The number of para-hydroxylation sites is 1. The molecule has 2 aromatic rings. The second-order valence-electron chi connectivity index (χ2n) is 7.14. The number of rotatable bonds is 6. The number of carbonyl (C=O) groups excluding carboxylic acids is 1. The SMILES string of the molecule is CCCC(=NOCC)C1=C(O)CC(c2c(C)c3ccccc3n2C)CC1=O. The van der Waals surface area contributed by atoms with E-state index in [9.17, 15) is 9.90 Å². The van der Waals surface area contributed by atoms with Crippen LogP contribution in [0.3, 0.4) is 0 Å². The van der Waals surface area contributed by atoms with Gasteiger partial charge in [0.1, 0.15) is 12.4 Å². The molecule has 1 aromatic carbocycles. The third-order valence-electron chi connectivity index (χ3n) is 5.32. The van der Waals surface area contributed by atoms with E-state index < -0.39 is 0 Å². The number of hydrogen-bond donors (Lipinski definition) is 1. The topological polar surface area (TPSA) is 63.8 Å². The zero-order chi connectivity index (χ0) is 19.6. The van der Waals surface area contributed by atoms with Gasteiger partial charge in [-0.3, -0.25) is 4.79 Å². The molecule has 0 radical (unpaired) electrons. The summed E-state index contributed by atoms with van der Waals surface area (Å²) in [6.07, 6.45) is 2.27.